The third-order valence-corrected chi connectivity index (χ3v) is 3.68. The number of Topliss-reactive ketones (excluding diaryl/α,β-unsaturated/α-hetero) is 1. The van der Waals surface area contributed by atoms with E-state index < -0.39 is 5.92 Å². The summed E-state index contributed by atoms with van der Waals surface area (Å²) in [5, 5.41) is 12.9. The van der Waals surface area contributed by atoms with E-state index in [4.69, 9.17) is 0 Å². The van der Waals surface area contributed by atoms with Gasteiger partial charge in [0, 0.05) is 19.2 Å². The normalized spacial score (nSPS) is 26.3. The van der Waals surface area contributed by atoms with Crippen molar-refractivity contribution >= 4 is 17.9 Å². The van der Waals surface area contributed by atoms with Crippen LogP contribution in [0.1, 0.15) is 39.0 Å². The van der Waals surface area contributed by atoms with E-state index in [-0.39, 0.29) is 29.1 Å². The molecule has 5 nitrogen and oxygen atoms in total. The average Bonchev–Trinajstić information content (AvgIpc) is 2.39. The van der Waals surface area contributed by atoms with Crippen molar-refractivity contribution in [3.63, 3.8) is 0 Å². The Morgan fingerprint density at radius 3 is 3.11 bits per heavy atom. The minimum Gasteiger partial charge on any atom is -0.511 e. The van der Waals surface area contributed by atoms with Gasteiger partial charge in [-0.2, -0.15) is 0 Å². The highest BCUT2D eigenvalue weighted by Gasteiger charge is 2.39. The molecule has 0 aromatic carbocycles. The smallest absolute Gasteiger partial charge is 0.256 e. The standard InChI is InChI=1S/C14H20N2O3/c1-2-3-7-15-14(19)9-8-16-10-5-4-6-11(17)12(10)13(9)18/h8,10,12,18H,2-7H2,1H3,(H,15,19). The first kappa shape index (κ1) is 13.8. The molecule has 0 bridgehead atoms. The quantitative estimate of drug-likeness (QED) is 0.756. The summed E-state index contributed by atoms with van der Waals surface area (Å²) in [6, 6.07) is -0.187. The number of aliphatic hydroxyl groups excluding tert-OH is 1. The van der Waals surface area contributed by atoms with Gasteiger partial charge in [0.25, 0.3) is 5.91 Å². The summed E-state index contributed by atoms with van der Waals surface area (Å²) >= 11 is 0. The number of carbonyl (C=O) groups is 2. The van der Waals surface area contributed by atoms with Gasteiger partial charge in [0.15, 0.2) is 0 Å². The Morgan fingerprint density at radius 2 is 2.37 bits per heavy atom. The molecule has 2 N–H and O–H groups in total. The molecular weight excluding hydrogens is 244 g/mol. The number of hydrogen-bond acceptors (Lipinski definition) is 4. The number of nitrogens with one attached hydrogen (secondary N) is 1. The van der Waals surface area contributed by atoms with Crippen molar-refractivity contribution in [3.8, 4) is 0 Å². The maximum absolute atomic E-state index is 11.9. The fourth-order valence-electron chi connectivity index (χ4n) is 2.57. The van der Waals surface area contributed by atoms with Gasteiger partial charge in [-0.15, -0.1) is 0 Å². The van der Waals surface area contributed by atoms with Crippen LogP contribution in [-0.2, 0) is 9.59 Å². The number of unbranched alkanes of at least 4 members (excludes halogenated alkanes) is 1. The van der Waals surface area contributed by atoms with Gasteiger partial charge >= 0.3 is 0 Å². The molecular formula is C14H20N2O3. The molecule has 2 unspecified atom stereocenters. The maximum Gasteiger partial charge on any atom is 0.256 e. The van der Waals surface area contributed by atoms with Gasteiger partial charge < -0.3 is 10.4 Å². The second kappa shape index (κ2) is 5.99. The number of rotatable bonds is 4. The van der Waals surface area contributed by atoms with Crippen molar-refractivity contribution in [2.75, 3.05) is 6.54 Å². The molecule has 19 heavy (non-hydrogen) atoms. The van der Waals surface area contributed by atoms with Crippen LogP contribution in [0.15, 0.2) is 16.3 Å². The molecule has 2 aliphatic rings. The van der Waals surface area contributed by atoms with Gasteiger partial charge in [-0.3, -0.25) is 14.6 Å². The van der Waals surface area contributed by atoms with Gasteiger partial charge in [-0.25, -0.2) is 0 Å². The Bertz CT molecular complexity index is 440. The molecule has 1 fully saturated rings. The Balaban J connectivity index is 2.12. The van der Waals surface area contributed by atoms with Gasteiger partial charge in [-0.05, 0) is 19.3 Å². The van der Waals surface area contributed by atoms with Gasteiger partial charge in [-0.1, -0.05) is 13.3 Å². The largest absolute Gasteiger partial charge is 0.511 e. The van der Waals surface area contributed by atoms with Crippen LogP contribution >= 0.6 is 0 Å². The van der Waals surface area contributed by atoms with Crippen molar-refractivity contribution < 1.29 is 14.7 Å². The Morgan fingerprint density at radius 1 is 1.58 bits per heavy atom. The third kappa shape index (κ3) is 2.85. The van der Waals surface area contributed by atoms with Crippen molar-refractivity contribution in [2.24, 2.45) is 10.9 Å². The summed E-state index contributed by atoms with van der Waals surface area (Å²) in [5.74, 6) is -1.06. The molecule has 2 atom stereocenters. The lowest BCUT2D eigenvalue weighted by Gasteiger charge is -2.30. The summed E-state index contributed by atoms with van der Waals surface area (Å²) in [6.45, 7) is 2.61. The van der Waals surface area contributed by atoms with Gasteiger partial charge in [0.1, 0.15) is 11.5 Å². The minimum absolute atomic E-state index is 0.00976. The fraction of sp³-hybridized carbons (Fsp3) is 0.643. The minimum atomic E-state index is -0.606. The zero-order chi connectivity index (χ0) is 13.8. The Hall–Kier alpha value is -1.65. The van der Waals surface area contributed by atoms with E-state index in [0.717, 1.165) is 25.7 Å². The number of fused-ring (bicyclic) bond motifs is 1. The predicted octanol–water partition coefficient (Wildman–Crippen LogP) is 1.54. The van der Waals surface area contributed by atoms with Crippen LogP contribution in [0.3, 0.4) is 0 Å². The van der Waals surface area contributed by atoms with E-state index in [2.05, 4.69) is 10.3 Å². The molecule has 0 radical (unpaired) electrons. The molecule has 0 aromatic heterocycles. The molecule has 0 aromatic rings. The number of aliphatic hydroxyl groups is 1. The van der Waals surface area contributed by atoms with E-state index in [9.17, 15) is 14.7 Å². The average molecular weight is 264 g/mol. The van der Waals surface area contributed by atoms with Crippen LogP contribution in [-0.4, -0.2) is 35.6 Å². The van der Waals surface area contributed by atoms with Crippen LogP contribution in [0.2, 0.25) is 0 Å². The predicted molar refractivity (Wildman–Crippen MR) is 72.2 cm³/mol. The maximum atomic E-state index is 11.9. The molecule has 5 heteroatoms. The molecule has 1 saturated carbocycles. The lowest BCUT2D eigenvalue weighted by molar-refractivity contribution is -0.124. The number of aliphatic imine (C=N–C) groups is 1. The highest BCUT2D eigenvalue weighted by atomic mass is 16.3. The van der Waals surface area contributed by atoms with Crippen molar-refractivity contribution in [3.05, 3.63) is 11.3 Å². The summed E-state index contributed by atoms with van der Waals surface area (Å²) in [5.41, 5.74) is 0.146. The molecule has 104 valence electrons. The lowest BCUT2D eigenvalue weighted by Crippen LogP contribution is -2.39. The van der Waals surface area contributed by atoms with E-state index in [1.807, 2.05) is 6.92 Å². The fourth-order valence-corrected chi connectivity index (χ4v) is 2.57. The SMILES string of the molecule is CCCCNC(=O)C1=C(O)C2C(=O)CCCC2N=C1. The monoisotopic (exact) mass is 264 g/mol. The van der Waals surface area contributed by atoms with Crippen LogP contribution < -0.4 is 5.32 Å². The Labute approximate surface area is 112 Å². The first-order valence-electron chi connectivity index (χ1n) is 6.92. The summed E-state index contributed by atoms with van der Waals surface area (Å²) in [4.78, 5) is 28.1. The van der Waals surface area contributed by atoms with Gasteiger partial charge in [0.05, 0.1) is 17.5 Å². The first-order chi connectivity index (χ1) is 9.15. The summed E-state index contributed by atoms with van der Waals surface area (Å²) < 4.78 is 0. The first-order valence-corrected chi connectivity index (χ1v) is 6.92. The van der Waals surface area contributed by atoms with E-state index in [1.54, 1.807) is 0 Å². The van der Waals surface area contributed by atoms with Crippen molar-refractivity contribution in [2.45, 2.75) is 45.1 Å². The third-order valence-electron chi connectivity index (χ3n) is 3.68. The van der Waals surface area contributed by atoms with E-state index >= 15 is 0 Å². The van der Waals surface area contributed by atoms with Crippen LogP contribution in [0.5, 0.6) is 0 Å². The molecule has 1 aliphatic carbocycles. The highest BCUT2D eigenvalue weighted by molar-refractivity contribution is 6.14. The van der Waals surface area contributed by atoms with Crippen molar-refractivity contribution in [1.82, 2.24) is 5.32 Å². The molecule has 2 rings (SSSR count). The summed E-state index contributed by atoms with van der Waals surface area (Å²) in [6.07, 6.45) is 5.36. The zero-order valence-corrected chi connectivity index (χ0v) is 11.2. The van der Waals surface area contributed by atoms with Crippen LogP contribution in [0.25, 0.3) is 0 Å². The number of amides is 1. The zero-order valence-electron chi connectivity index (χ0n) is 11.2. The molecule has 1 aliphatic heterocycles. The van der Waals surface area contributed by atoms with Crippen LogP contribution in [0.4, 0.5) is 0 Å². The van der Waals surface area contributed by atoms with E-state index in [1.165, 1.54) is 6.21 Å². The Kier molecular flexibility index (Phi) is 4.35. The number of carbonyl (C=O) groups excluding carboxylic acids is 2. The van der Waals surface area contributed by atoms with Crippen LogP contribution in [0, 0.1) is 5.92 Å². The van der Waals surface area contributed by atoms with Crippen molar-refractivity contribution in [1.29, 1.82) is 0 Å². The number of ketones is 1. The van der Waals surface area contributed by atoms with Gasteiger partial charge in [0.2, 0.25) is 0 Å². The lowest BCUT2D eigenvalue weighted by atomic mass is 9.80. The summed E-state index contributed by atoms with van der Waals surface area (Å²) in [7, 11) is 0. The molecule has 1 heterocycles. The molecule has 0 saturated heterocycles. The molecule has 1 amide bonds. The second-order valence-corrected chi connectivity index (χ2v) is 5.09. The number of hydrogen-bond donors (Lipinski definition) is 2. The molecule has 0 spiro atoms. The number of nitrogens with zero attached hydrogens (tertiary/aromatic N) is 1. The topological polar surface area (TPSA) is 78.8 Å². The second-order valence-electron chi connectivity index (χ2n) is 5.09. The highest BCUT2D eigenvalue weighted by Crippen LogP contribution is 2.32. The van der Waals surface area contributed by atoms with E-state index in [0.29, 0.717) is 13.0 Å². The number of dihydropyridines is 1.